The number of pyridine rings is 1. The summed E-state index contributed by atoms with van der Waals surface area (Å²) in [6.07, 6.45) is 0. The van der Waals surface area contributed by atoms with Crippen LogP contribution >= 0.6 is 0 Å². The summed E-state index contributed by atoms with van der Waals surface area (Å²) in [4.78, 5) is 22.5. The minimum absolute atomic E-state index is 0.215. The van der Waals surface area contributed by atoms with Crippen LogP contribution in [0.3, 0.4) is 0 Å². The number of carboxylic acid groups (broad SMARTS) is 1. The molecule has 0 amide bonds. The van der Waals surface area contributed by atoms with E-state index >= 15 is 0 Å². The summed E-state index contributed by atoms with van der Waals surface area (Å²) in [5, 5.41) is 18.1. The van der Waals surface area contributed by atoms with Crippen LogP contribution in [0.2, 0.25) is 0 Å². The lowest BCUT2D eigenvalue weighted by atomic mass is 10.1. The van der Waals surface area contributed by atoms with Crippen LogP contribution in [-0.4, -0.2) is 20.7 Å². The number of hydrogen-bond donors (Lipinski definition) is 2. The van der Waals surface area contributed by atoms with Gasteiger partial charge >= 0.3 is 5.97 Å². The SMILES string of the molecule is CC(C)(C)n1c(C(=O)O)cc(O)cc1=O. The number of carbonyl (C=O) groups is 1. The Morgan fingerprint density at radius 1 is 1.33 bits per heavy atom. The molecule has 0 bridgehead atoms. The summed E-state index contributed by atoms with van der Waals surface area (Å²) in [6, 6.07) is 2.06. The first-order valence-electron chi connectivity index (χ1n) is 4.43. The monoisotopic (exact) mass is 211 g/mol. The quantitative estimate of drug-likeness (QED) is 0.726. The number of carboxylic acids is 1. The maximum Gasteiger partial charge on any atom is 0.352 e. The normalized spacial score (nSPS) is 11.4. The molecule has 1 heterocycles. The van der Waals surface area contributed by atoms with Crippen molar-refractivity contribution in [2.75, 3.05) is 0 Å². The van der Waals surface area contributed by atoms with E-state index in [0.717, 1.165) is 16.7 Å². The Hall–Kier alpha value is -1.78. The largest absolute Gasteiger partial charge is 0.508 e. The number of nitrogens with zero attached hydrogens (tertiary/aromatic N) is 1. The average molecular weight is 211 g/mol. The molecule has 0 unspecified atom stereocenters. The lowest BCUT2D eigenvalue weighted by molar-refractivity contribution is 0.0675. The molecule has 15 heavy (non-hydrogen) atoms. The van der Waals surface area contributed by atoms with Crippen LogP contribution in [-0.2, 0) is 5.54 Å². The summed E-state index contributed by atoms with van der Waals surface area (Å²) >= 11 is 0. The second kappa shape index (κ2) is 3.42. The number of rotatable bonds is 1. The molecule has 0 radical (unpaired) electrons. The standard InChI is InChI=1S/C10H13NO4/c1-10(2,3)11-7(9(14)15)4-6(12)5-8(11)13/h4-5,12H,1-3H3,(H,14,15). The van der Waals surface area contributed by atoms with Crippen molar-refractivity contribution in [1.82, 2.24) is 4.57 Å². The van der Waals surface area contributed by atoms with Crippen LogP contribution in [0.25, 0.3) is 0 Å². The van der Waals surface area contributed by atoms with Gasteiger partial charge in [0.1, 0.15) is 11.4 Å². The Labute approximate surface area is 86.6 Å². The summed E-state index contributed by atoms with van der Waals surface area (Å²) in [5.41, 5.74) is -1.38. The Kier molecular flexibility index (Phi) is 2.57. The Bertz CT molecular complexity index is 453. The highest BCUT2D eigenvalue weighted by atomic mass is 16.4. The molecule has 1 aromatic heterocycles. The van der Waals surface area contributed by atoms with Crippen molar-refractivity contribution in [3.63, 3.8) is 0 Å². The average Bonchev–Trinajstić information content (AvgIpc) is 1.99. The topological polar surface area (TPSA) is 79.5 Å². The molecule has 1 aromatic rings. The third-order valence-corrected chi connectivity index (χ3v) is 1.91. The number of aromatic nitrogens is 1. The predicted octanol–water partition coefficient (Wildman–Crippen LogP) is 1.01. The van der Waals surface area contributed by atoms with Crippen LogP contribution in [0.5, 0.6) is 5.75 Å². The van der Waals surface area contributed by atoms with Crippen LogP contribution in [0, 0.1) is 0 Å². The lowest BCUT2D eigenvalue weighted by Crippen LogP contribution is -2.37. The maximum atomic E-state index is 11.6. The van der Waals surface area contributed by atoms with Crippen molar-refractivity contribution in [2.24, 2.45) is 0 Å². The van der Waals surface area contributed by atoms with E-state index in [1.807, 2.05) is 0 Å². The first-order chi connectivity index (χ1) is 6.73. The third-order valence-electron chi connectivity index (χ3n) is 1.91. The molecule has 0 atom stereocenters. The first kappa shape index (κ1) is 11.3. The van der Waals surface area contributed by atoms with E-state index in [9.17, 15) is 9.59 Å². The molecule has 0 aromatic carbocycles. The van der Waals surface area contributed by atoms with E-state index in [1.165, 1.54) is 0 Å². The van der Waals surface area contributed by atoms with Gasteiger partial charge in [-0.3, -0.25) is 9.36 Å². The van der Waals surface area contributed by atoms with E-state index in [0.29, 0.717) is 0 Å². The van der Waals surface area contributed by atoms with Gasteiger partial charge in [0.25, 0.3) is 5.56 Å². The molecular weight excluding hydrogens is 198 g/mol. The Morgan fingerprint density at radius 3 is 2.27 bits per heavy atom. The molecule has 0 aliphatic carbocycles. The zero-order chi connectivity index (χ0) is 11.8. The molecule has 0 fully saturated rings. The van der Waals surface area contributed by atoms with Gasteiger partial charge < -0.3 is 10.2 Å². The van der Waals surface area contributed by atoms with Gasteiger partial charge in [-0.25, -0.2) is 4.79 Å². The van der Waals surface area contributed by atoms with Crippen molar-refractivity contribution in [3.05, 3.63) is 28.2 Å². The summed E-state index contributed by atoms with van der Waals surface area (Å²) in [5.74, 6) is -1.57. The van der Waals surface area contributed by atoms with Gasteiger partial charge in [-0.15, -0.1) is 0 Å². The predicted molar refractivity (Wildman–Crippen MR) is 54.3 cm³/mol. The van der Waals surface area contributed by atoms with Crippen LogP contribution < -0.4 is 5.56 Å². The molecule has 0 aliphatic rings. The van der Waals surface area contributed by atoms with Crippen molar-refractivity contribution in [3.8, 4) is 5.75 Å². The van der Waals surface area contributed by atoms with Crippen LogP contribution in [0.4, 0.5) is 0 Å². The smallest absolute Gasteiger partial charge is 0.352 e. The molecular formula is C10H13NO4. The molecule has 82 valence electrons. The van der Waals surface area contributed by atoms with Crippen molar-refractivity contribution in [1.29, 1.82) is 0 Å². The highest BCUT2D eigenvalue weighted by molar-refractivity contribution is 5.86. The highest BCUT2D eigenvalue weighted by Crippen LogP contribution is 2.17. The fourth-order valence-corrected chi connectivity index (χ4v) is 1.41. The van der Waals surface area contributed by atoms with Gasteiger partial charge in [-0.05, 0) is 20.8 Å². The fourth-order valence-electron chi connectivity index (χ4n) is 1.41. The minimum atomic E-state index is -1.24. The van der Waals surface area contributed by atoms with Gasteiger partial charge in [-0.1, -0.05) is 0 Å². The second-order valence-electron chi connectivity index (χ2n) is 4.25. The van der Waals surface area contributed by atoms with E-state index in [2.05, 4.69) is 0 Å². The van der Waals surface area contributed by atoms with E-state index in [-0.39, 0.29) is 11.4 Å². The summed E-state index contributed by atoms with van der Waals surface area (Å²) < 4.78 is 1.13. The van der Waals surface area contributed by atoms with Gasteiger partial charge in [0, 0.05) is 17.7 Å². The lowest BCUT2D eigenvalue weighted by Gasteiger charge is -2.24. The molecule has 2 N–H and O–H groups in total. The Balaban J connectivity index is 3.63. The Morgan fingerprint density at radius 2 is 1.87 bits per heavy atom. The number of hydrogen-bond acceptors (Lipinski definition) is 3. The van der Waals surface area contributed by atoms with Gasteiger partial charge in [-0.2, -0.15) is 0 Å². The third kappa shape index (κ3) is 2.18. The molecule has 0 saturated carbocycles. The first-order valence-corrected chi connectivity index (χ1v) is 4.43. The van der Waals surface area contributed by atoms with E-state index < -0.39 is 17.1 Å². The van der Waals surface area contributed by atoms with Crippen LogP contribution in [0.1, 0.15) is 31.3 Å². The van der Waals surface area contributed by atoms with Crippen LogP contribution in [0.15, 0.2) is 16.9 Å². The molecule has 0 spiro atoms. The molecule has 5 nitrogen and oxygen atoms in total. The van der Waals surface area contributed by atoms with E-state index in [4.69, 9.17) is 10.2 Å². The highest BCUT2D eigenvalue weighted by Gasteiger charge is 2.22. The van der Waals surface area contributed by atoms with Crippen molar-refractivity contribution < 1.29 is 15.0 Å². The zero-order valence-corrected chi connectivity index (χ0v) is 8.81. The molecule has 0 aliphatic heterocycles. The van der Waals surface area contributed by atoms with Crippen molar-refractivity contribution >= 4 is 5.97 Å². The van der Waals surface area contributed by atoms with Gasteiger partial charge in [0.05, 0.1) is 0 Å². The zero-order valence-electron chi connectivity index (χ0n) is 8.81. The van der Waals surface area contributed by atoms with Gasteiger partial charge in [0.2, 0.25) is 0 Å². The van der Waals surface area contributed by atoms with Crippen molar-refractivity contribution in [2.45, 2.75) is 26.3 Å². The van der Waals surface area contributed by atoms with E-state index in [1.54, 1.807) is 20.8 Å². The number of aromatic carboxylic acids is 1. The maximum absolute atomic E-state index is 11.6. The second-order valence-corrected chi connectivity index (χ2v) is 4.25. The molecule has 1 rings (SSSR count). The molecule has 0 saturated heterocycles. The number of aromatic hydroxyl groups is 1. The summed E-state index contributed by atoms with van der Waals surface area (Å²) in [6.45, 7) is 5.16. The van der Waals surface area contributed by atoms with Gasteiger partial charge in [0.15, 0.2) is 0 Å². The summed E-state index contributed by atoms with van der Waals surface area (Å²) in [7, 11) is 0. The minimum Gasteiger partial charge on any atom is -0.508 e. The molecule has 5 heteroatoms. The fraction of sp³-hybridized carbons (Fsp3) is 0.400.